The highest BCUT2D eigenvalue weighted by atomic mass is 16.7. The molecule has 2 heterocycles. The summed E-state index contributed by atoms with van der Waals surface area (Å²) < 4.78 is 0. The molecule has 1 atom stereocenters. The van der Waals surface area contributed by atoms with E-state index >= 15 is 0 Å². The Kier molecular flexibility index (Phi) is 6.07. The fraction of sp³-hybridized carbons (Fsp3) is 0.400. The van der Waals surface area contributed by atoms with Crippen LogP contribution in [0.5, 0.6) is 0 Å². The fourth-order valence-electron chi connectivity index (χ4n) is 4.36. The average Bonchev–Trinajstić information content (AvgIpc) is 3.23. The van der Waals surface area contributed by atoms with E-state index in [0.29, 0.717) is 23.6 Å². The lowest BCUT2D eigenvalue weighted by Gasteiger charge is -2.32. The van der Waals surface area contributed by atoms with Gasteiger partial charge in [0, 0.05) is 32.1 Å². The lowest BCUT2D eigenvalue weighted by molar-refractivity contribution is -0.141. The zero-order valence-electron chi connectivity index (χ0n) is 18.1. The Bertz CT molecular complexity index is 963. The van der Waals surface area contributed by atoms with Crippen molar-refractivity contribution in [3.63, 3.8) is 0 Å². The smallest absolute Gasteiger partial charge is 0.266 e. The Balaban J connectivity index is 1.33. The van der Waals surface area contributed by atoms with Crippen LogP contribution < -0.4 is 5.32 Å². The lowest BCUT2D eigenvalue weighted by Crippen LogP contribution is -2.43. The third-order valence-corrected chi connectivity index (χ3v) is 6.30. The zero-order chi connectivity index (χ0) is 21.8. The van der Waals surface area contributed by atoms with Crippen molar-refractivity contribution in [1.29, 1.82) is 0 Å². The van der Waals surface area contributed by atoms with E-state index in [2.05, 4.69) is 34.7 Å². The summed E-state index contributed by atoms with van der Waals surface area (Å²) in [6.45, 7) is 3.31. The van der Waals surface area contributed by atoms with Crippen LogP contribution in [0.1, 0.15) is 47.7 Å². The highest BCUT2D eigenvalue weighted by Gasteiger charge is 2.41. The van der Waals surface area contributed by atoms with E-state index in [4.69, 9.17) is 4.84 Å². The van der Waals surface area contributed by atoms with Crippen LogP contribution in [0, 0.1) is 5.92 Å². The van der Waals surface area contributed by atoms with Gasteiger partial charge in [0.2, 0.25) is 5.60 Å². The maximum Gasteiger partial charge on any atom is 0.266 e. The molecule has 162 valence electrons. The monoisotopic (exact) mass is 419 g/mol. The maximum atomic E-state index is 12.9. The van der Waals surface area contributed by atoms with Gasteiger partial charge in [-0.05, 0) is 55.4 Å². The fourth-order valence-corrected chi connectivity index (χ4v) is 4.36. The predicted molar refractivity (Wildman–Crippen MR) is 120 cm³/mol. The number of rotatable bonds is 5. The van der Waals surface area contributed by atoms with Gasteiger partial charge in [0.1, 0.15) is 0 Å². The van der Waals surface area contributed by atoms with Gasteiger partial charge in [0.05, 0.1) is 5.71 Å². The molecule has 0 aliphatic carbocycles. The number of nitrogens with zero attached hydrogens (tertiary/aromatic N) is 2. The molecule has 1 fully saturated rings. The summed E-state index contributed by atoms with van der Waals surface area (Å²) in [5.74, 6) is 0.502. The molecule has 6 nitrogen and oxygen atoms in total. The molecule has 0 spiro atoms. The molecule has 1 N–H and O–H groups in total. The third kappa shape index (κ3) is 4.63. The number of hydrogen-bond donors (Lipinski definition) is 1. The Morgan fingerprint density at radius 3 is 2.42 bits per heavy atom. The van der Waals surface area contributed by atoms with Crippen LogP contribution in [0.3, 0.4) is 0 Å². The van der Waals surface area contributed by atoms with E-state index < -0.39 is 5.60 Å². The molecule has 0 bridgehead atoms. The molecule has 2 aliphatic rings. The van der Waals surface area contributed by atoms with E-state index in [1.54, 1.807) is 14.0 Å². The van der Waals surface area contributed by atoms with Crippen molar-refractivity contribution in [2.45, 2.75) is 38.2 Å². The molecule has 2 aromatic rings. The Labute approximate surface area is 183 Å². The van der Waals surface area contributed by atoms with Crippen LogP contribution in [0.2, 0.25) is 0 Å². The molecule has 0 saturated carbocycles. The van der Waals surface area contributed by atoms with Gasteiger partial charge in [0.15, 0.2) is 0 Å². The van der Waals surface area contributed by atoms with Gasteiger partial charge >= 0.3 is 0 Å². The number of carbonyl (C=O) groups excluding carboxylic acids is 2. The minimum atomic E-state index is -0.983. The first-order valence-corrected chi connectivity index (χ1v) is 10.9. The Morgan fingerprint density at radius 2 is 1.77 bits per heavy atom. The quantitative estimate of drug-likeness (QED) is 0.807. The molecular formula is C25H29N3O3. The van der Waals surface area contributed by atoms with Gasteiger partial charge in [-0.1, -0.05) is 47.6 Å². The van der Waals surface area contributed by atoms with E-state index in [1.807, 2.05) is 35.2 Å². The van der Waals surface area contributed by atoms with Crippen molar-refractivity contribution < 1.29 is 14.4 Å². The van der Waals surface area contributed by atoms with Crippen molar-refractivity contribution in [3.05, 3.63) is 71.3 Å². The van der Waals surface area contributed by atoms with E-state index in [9.17, 15) is 9.59 Å². The minimum absolute atomic E-state index is 0.0736. The molecule has 31 heavy (non-hydrogen) atoms. The summed E-state index contributed by atoms with van der Waals surface area (Å²) in [7, 11) is 1.58. The Hall–Kier alpha value is -3.15. The van der Waals surface area contributed by atoms with Gasteiger partial charge < -0.3 is 15.1 Å². The molecule has 2 aliphatic heterocycles. The van der Waals surface area contributed by atoms with E-state index in [1.165, 1.54) is 5.56 Å². The summed E-state index contributed by atoms with van der Waals surface area (Å²) in [5, 5.41) is 6.70. The highest BCUT2D eigenvalue weighted by molar-refractivity contribution is 6.06. The van der Waals surface area contributed by atoms with Crippen LogP contribution in [-0.4, -0.2) is 48.2 Å². The van der Waals surface area contributed by atoms with Gasteiger partial charge in [-0.3, -0.25) is 9.59 Å². The van der Waals surface area contributed by atoms with Gasteiger partial charge in [-0.15, -0.1) is 0 Å². The summed E-state index contributed by atoms with van der Waals surface area (Å²) in [5.41, 5.74) is 2.65. The molecular weight excluding hydrogens is 390 g/mol. The molecule has 1 saturated heterocycles. The number of amides is 2. The number of carbonyl (C=O) groups is 2. The average molecular weight is 420 g/mol. The topological polar surface area (TPSA) is 71.0 Å². The summed E-state index contributed by atoms with van der Waals surface area (Å²) in [6.07, 6.45) is 3.54. The second-order valence-corrected chi connectivity index (χ2v) is 8.62. The normalized spacial score (nSPS) is 21.4. The maximum absolute atomic E-state index is 12.9. The lowest BCUT2D eigenvalue weighted by atomic mass is 9.90. The van der Waals surface area contributed by atoms with Gasteiger partial charge in [-0.2, -0.15) is 0 Å². The first-order chi connectivity index (χ1) is 15.0. The predicted octanol–water partition coefficient (Wildman–Crippen LogP) is 3.41. The van der Waals surface area contributed by atoms with E-state index in [-0.39, 0.29) is 11.8 Å². The SMILES string of the molecule is CNC(=O)C1(C)CC(c2ccc(C(=O)N3CCC(Cc4ccccc4)CC3)cc2)=NO1. The zero-order valence-corrected chi connectivity index (χ0v) is 18.1. The number of piperidine rings is 1. The number of nitrogens with one attached hydrogen (secondary N) is 1. The van der Waals surface area contributed by atoms with Crippen LogP contribution in [0.25, 0.3) is 0 Å². The minimum Gasteiger partial charge on any atom is -0.379 e. The molecule has 4 rings (SSSR count). The van der Waals surface area contributed by atoms with Crippen LogP contribution in [0.4, 0.5) is 0 Å². The molecule has 0 radical (unpaired) electrons. The van der Waals surface area contributed by atoms with Crippen molar-refractivity contribution in [2.75, 3.05) is 20.1 Å². The number of hydrogen-bond acceptors (Lipinski definition) is 4. The molecule has 2 aromatic carbocycles. The first kappa shape index (κ1) is 21.1. The second kappa shape index (κ2) is 8.92. The van der Waals surface area contributed by atoms with Crippen molar-refractivity contribution >= 4 is 17.5 Å². The van der Waals surface area contributed by atoms with Crippen molar-refractivity contribution in [1.82, 2.24) is 10.2 Å². The highest BCUT2D eigenvalue weighted by Crippen LogP contribution is 2.27. The standard InChI is InChI=1S/C25H29N3O3/c1-25(24(30)26-2)17-22(27-31-25)20-8-10-21(11-9-20)23(29)28-14-12-19(13-15-28)16-18-6-4-3-5-7-18/h3-11,19H,12-17H2,1-2H3,(H,26,30). The second-order valence-electron chi connectivity index (χ2n) is 8.62. The summed E-state index contributed by atoms with van der Waals surface area (Å²) >= 11 is 0. The van der Waals surface area contributed by atoms with Gasteiger partial charge in [0.25, 0.3) is 11.8 Å². The Morgan fingerprint density at radius 1 is 1.10 bits per heavy atom. The molecule has 6 heteroatoms. The number of oxime groups is 1. The largest absolute Gasteiger partial charge is 0.379 e. The van der Waals surface area contributed by atoms with Crippen LogP contribution in [-0.2, 0) is 16.1 Å². The van der Waals surface area contributed by atoms with Crippen molar-refractivity contribution in [2.24, 2.45) is 11.1 Å². The molecule has 2 amide bonds. The summed E-state index contributed by atoms with van der Waals surface area (Å²) in [4.78, 5) is 32.3. The number of likely N-dealkylation sites (tertiary alicyclic amines) is 1. The number of likely N-dealkylation sites (N-methyl/N-ethyl adjacent to an activating group) is 1. The van der Waals surface area contributed by atoms with Gasteiger partial charge in [-0.25, -0.2) is 0 Å². The summed E-state index contributed by atoms with van der Waals surface area (Å²) in [6, 6.07) is 18.0. The number of benzene rings is 2. The third-order valence-electron chi connectivity index (χ3n) is 6.30. The van der Waals surface area contributed by atoms with Crippen molar-refractivity contribution in [3.8, 4) is 0 Å². The van der Waals surface area contributed by atoms with E-state index in [0.717, 1.165) is 37.9 Å². The molecule has 1 unspecified atom stereocenters. The van der Waals surface area contributed by atoms with Crippen LogP contribution in [0.15, 0.2) is 59.8 Å². The first-order valence-electron chi connectivity index (χ1n) is 10.9. The molecule has 0 aromatic heterocycles. The van der Waals surface area contributed by atoms with Crippen LogP contribution >= 0.6 is 0 Å².